The first-order valence-corrected chi connectivity index (χ1v) is 6.86. The average Bonchev–Trinajstić information content (AvgIpc) is 2.86. The van der Waals surface area contributed by atoms with Crippen molar-refractivity contribution in [2.75, 3.05) is 0 Å². The number of nitrogens with zero attached hydrogens (tertiary/aromatic N) is 1. The minimum absolute atomic E-state index is 0.0270. The Morgan fingerprint density at radius 2 is 2.00 bits per heavy atom. The summed E-state index contributed by atoms with van der Waals surface area (Å²) in [4.78, 5) is 4.36. The lowest BCUT2D eigenvalue weighted by Crippen LogP contribution is -1.86. The van der Waals surface area contributed by atoms with Gasteiger partial charge in [0.05, 0.1) is 12.3 Å². The van der Waals surface area contributed by atoms with Gasteiger partial charge in [-0.05, 0) is 18.4 Å². The van der Waals surface area contributed by atoms with Crippen LogP contribution in [0.4, 0.5) is 0 Å². The number of hydrogen-bond donors (Lipinski definition) is 1. The lowest BCUT2D eigenvalue weighted by molar-refractivity contribution is 0.281. The summed E-state index contributed by atoms with van der Waals surface area (Å²) in [6.07, 6.45) is 3.62. The van der Waals surface area contributed by atoms with E-state index in [0.717, 1.165) is 22.7 Å². The number of benzene rings is 1. The zero-order valence-electron chi connectivity index (χ0n) is 10.0. The summed E-state index contributed by atoms with van der Waals surface area (Å²) in [5.74, 6) is 0. The summed E-state index contributed by atoms with van der Waals surface area (Å²) in [5, 5.41) is 11.8. The van der Waals surface area contributed by atoms with Gasteiger partial charge in [-0.1, -0.05) is 37.6 Å². The van der Waals surface area contributed by atoms with Crippen LogP contribution in [0, 0.1) is 0 Å². The van der Waals surface area contributed by atoms with Gasteiger partial charge in [0, 0.05) is 10.9 Å². The highest BCUT2D eigenvalue weighted by atomic mass is 32.1. The topological polar surface area (TPSA) is 33.1 Å². The van der Waals surface area contributed by atoms with Crippen molar-refractivity contribution in [3.63, 3.8) is 0 Å². The summed E-state index contributed by atoms with van der Waals surface area (Å²) in [6, 6.07) is 8.56. The Kier molecular flexibility index (Phi) is 4.29. The third kappa shape index (κ3) is 3.14. The van der Waals surface area contributed by atoms with Gasteiger partial charge in [-0.2, -0.15) is 0 Å². The Bertz CT molecular complexity index is 461. The van der Waals surface area contributed by atoms with Crippen molar-refractivity contribution in [3.8, 4) is 11.3 Å². The van der Waals surface area contributed by atoms with E-state index in [-0.39, 0.29) is 6.61 Å². The molecule has 2 nitrogen and oxygen atoms in total. The molecule has 0 radical (unpaired) electrons. The molecule has 0 unspecified atom stereocenters. The molecule has 0 amide bonds. The number of unbranched alkanes of at least 4 members (excludes halogenated alkanes) is 1. The summed E-state index contributed by atoms with van der Waals surface area (Å²) < 4.78 is 0. The lowest BCUT2D eigenvalue weighted by atomic mass is 10.1. The van der Waals surface area contributed by atoms with E-state index in [4.69, 9.17) is 5.11 Å². The highest BCUT2D eigenvalue weighted by Crippen LogP contribution is 2.22. The maximum Gasteiger partial charge on any atom is 0.119 e. The second-order valence-electron chi connectivity index (χ2n) is 4.09. The molecule has 17 heavy (non-hydrogen) atoms. The van der Waals surface area contributed by atoms with Crippen molar-refractivity contribution in [3.05, 3.63) is 40.2 Å². The molecule has 2 aromatic rings. The van der Waals surface area contributed by atoms with Gasteiger partial charge in [-0.25, -0.2) is 4.98 Å². The molecule has 3 heteroatoms. The van der Waals surface area contributed by atoms with Crippen LogP contribution in [-0.4, -0.2) is 10.1 Å². The number of thiazole rings is 1. The number of aliphatic hydroxyl groups excluding tert-OH is 1. The summed E-state index contributed by atoms with van der Waals surface area (Å²) in [7, 11) is 0. The highest BCUT2D eigenvalue weighted by Gasteiger charge is 2.03. The van der Waals surface area contributed by atoms with Crippen LogP contribution in [0.5, 0.6) is 0 Å². The highest BCUT2D eigenvalue weighted by molar-refractivity contribution is 7.09. The molecule has 0 saturated carbocycles. The van der Waals surface area contributed by atoms with Gasteiger partial charge in [0.15, 0.2) is 0 Å². The Morgan fingerprint density at radius 1 is 1.24 bits per heavy atom. The van der Waals surface area contributed by atoms with Gasteiger partial charge < -0.3 is 5.11 Å². The number of aliphatic hydroxyl groups is 1. The van der Waals surface area contributed by atoms with E-state index in [0.29, 0.717) is 0 Å². The van der Waals surface area contributed by atoms with Crippen molar-refractivity contribution in [2.45, 2.75) is 32.8 Å². The molecule has 2 rings (SSSR count). The van der Waals surface area contributed by atoms with E-state index < -0.39 is 0 Å². The minimum atomic E-state index is 0.0270. The van der Waals surface area contributed by atoms with Crippen molar-refractivity contribution in [1.29, 1.82) is 0 Å². The second-order valence-corrected chi connectivity index (χ2v) is 5.03. The van der Waals surface area contributed by atoms with E-state index in [2.05, 4.69) is 36.2 Å². The van der Waals surface area contributed by atoms with E-state index >= 15 is 0 Å². The van der Waals surface area contributed by atoms with Crippen LogP contribution in [-0.2, 0) is 13.0 Å². The maximum atomic E-state index is 8.99. The SMILES string of the molecule is CCCCc1ccc(-c2csc(CO)n2)cc1. The molecule has 90 valence electrons. The van der Waals surface area contributed by atoms with Crippen LogP contribution in [0.25, 0.3) is 11.3 Å². The summed E-state index contributed by atoms with van der Waals surface area (Å²) >= 11 is 1.50. The fourth-order valence-electron chi connectivity index (χ4n) is 1.74. The van der Waals surface area contributed by atoms with Gasteiger partial charge in [0.25, 0.3) is 0 Å². The minimum Gasteiger partial charge on any atom is -0.389 e. The second kappa shape index (κ2) is 5.94. The van der Waals surface area contributed by atoms with E-state index in [1.165, 1.54) is 29.7 Å². The van der Waals surface area contributed by atoms with E-state index in [1.54, 1.807) is 0 Å². The fraction of sp³-hybridized carbons (Fsp3) is 0.357. The molecule has 0 aliphatic carbocycles. The van der Waals surface area contributed by atoms with Crippen LogP contribution in [0.15, 0.2) is 29.6 Å². The Morgan fingerprint density at radius 3 is 2.59 bits per heavy atom. The van der Waals surface area contributed by atoms with Crippen LogP contribution < -0.4 is 0 Å². The molecule has 1 aromatic carbocycles. The van der Waals surface area contributed by atoms with Crippen LogP contribution in [0.3, 0.4) is 0 Å². The molecule has 0 spiro atoms. The standard InChI is InChI=1S/C14H17NOS/c1-2-3-4-11-5-7-12(8-6-11)13-10-17-14(9-16)15-13/h5-8,10,16H,2-4,9H2,1H3. The first-order chi connectivity index (χ1) is 8.33. The van der Waals surface area contributed by atoms with Crippen LogP contribution in [0.2, 0.25) is 0 Å². The molecule has 0 saturated heterocycles. The predicted molar refractivity (Wildman–Crippen MR) is 72.1 cm³/mol. The van der Waals surface area contributed by atoms with Crippen molar-refractivity contribution < 1.29 is 5.11 Å². The van der Waals surface area contributed by atoms with E-state index in [1.807, 2.05) is 5.38 Å². The van der Waals surface area contributed by atoms with Crippen LogP contribution >= 0.6 is 11.3 Å². The van der Waals surface area contributed by atoms with Gasteiger partial charge in [-0.15, -0.1) is 11.3 Å². The zero-order valence-corrected chi connectivity index (χ0v) is 10.8. The van der Waals surface area contributed by atoms with Gasteiger partial charge in [0.1, 0.15) is 5.01 Å². The number of aromatic nitrogens is 1. The quantitative estimate of drug-likeness (QED) is 0.875. The zero-order chi connectivity index (χ0) is 12.1. The summed E-state index contributed by atoms with van der Waals surface area (Å²) in [5.41, 5.74) is 3.47. The third-order valence-corrected chi connectivity index (χ3v) is 3.59. The Labute approximate surface area is 106 Å². The number of hydrogen-bond acceptors (Lipinski definition) is 3. The molecule has 0 aliphatic heterocycles. The Hall–Kier alpha value is -1.19. The fourth-order valence-corrected chi connectivity index (χ4v) is 2.40. The average molecular weight is 247 g/mol. The van der Waals surface area contributed by atoms with Crippen molar-refractivity contribution >= 4 is 11.3 Å². The third-order valence-electron chi connectivity index (χ3n) is 2.76. The molecule has 0 atom stereocenters. The monoisotopic (exact) mass is 247 g/mol. The molecular formula is C14H17NOS. The number of rotatable bonds is 5. The molecule has 0 fully saturated rings. The number of aryl methyl sites for hydroxylation is 1. The lowest BCUT2D eigenvalue weighted by Gasteiger charge is -2.01. The molecule has 1 heterocycles. The van der Waals surface area contributed by atoms with Crippen molar-refractivity contribution in [2.24, 2.45) is 0 Å². The molecule has 1 N–H and O–H groups in total. The predicted octanol–water partition coefficient (Wildman–Crippen LogP) is 3.65. The molecular weight excluding hydrogens is 230 g/mol. The maximum absolute atomic E-state index is 8.99. The summed E-state index contributed by atoms with van der Waals surface area (Å²) in [6.45, 7) is 2.24. The molecule has 0 bridgehead atoms. The van der Waals surface area contributed by atoms with Crippen molar-refractivity contribution in [1.82, 2.24) is 4.98 Å². The van der Waals surface area contributed by atoms with Gasteiger partial charge in [-0.3, -0.25) is 0 Å². The van der Waals surface area contributed by atoms with Gasteiger partial charge in [0.2, 0.25) is 0 Å². The molecule has 1 aromatic heterocycles. The van der Waals surface area contributed by atoms with Gasteiger partial charge >= 0.3 is 0 Å². The van der Waals surface area contributed by atoms with Crippen LogP contribution in [0.1, 0.15) is 30.3 Å². The first-order valence-electron chi connectivity index (χ1n) is 5.98. The normalized spacial score (nSPS) is 10.7. The first kappa shape index (κ1) is 12.3. The smallest absolute Gasteiger partial charge is 0.119 e. The largest absolute Gasteiger partial charge is 0.389 e. The Balaban J connectivity index is 2.11. The molecule has 0 aliphatic rings. The van der Waals surface area contributed by atoms with E-state index in [9.17, 15) is 0 Å².